The second kappa shape index (κ2) is 6.35. The molecule has 2 heteroatoms. The van der Waals surface area contributed by atoms with E-state index in [0.717, 1.165) is 0 Å². The summed E-state index contributed by atoms with van der Waals surface area (Å²) in [5.74, 6) is 0. The molecule has 0 spiro atoms. The highest BCUT2D eigenvalue weighted by Gasteiger charge is 2.13. The molecule has 1 fully saturated rings. The molecular formula is C16H26N2. The zero-order valence-corrected chi connectivity index (χ0v) is 12.1. The van der Waals surface area contributed by atoms with Crippen molar-refractivity contribution in [2.45, 2.75) is 26.7 Å². The molecule has 0 aromatic heterocycles. The lowest BCUT2D eigenvalue weighted by Crippen LogP contribution is -2.44. The molecule has 0 amide bonds. The lowest BCUT2D eigenvalue weighted by molar-refractivity contribution is 0.153. The Morgan fingerprint density at radius 3 is 2.22 bits per heavy atom. The molecule has 0 saturated carbocycles. The molecule has 0 radical (unpaired) electrons. The summed E-state index contributed by atoms with van der Waals surface area (Å²) >= 11 is 0. The minimum atomic E-state index is 1.23. The van der Waals surface area contributed by atoms with E-state index in [4.69, 9.17) is 0 Å². The number of aryl methyl sites for hydroxylation is 2. The van der Waals surface area contributed by atoms with Gasteiger partial charge in [-0.3, -0.25) is 0 Å². The second-order valence-corrected chi connectivity index (χ2v) is 5.62. The van der Waals surface area contributed by atoms with Crippen LogP contribution in [0.4, 0.5) is 0 Å². The SMILES string of the molecule is Cc1cccc(C)c1CCCN1CCN(C)CC1. The smallest absolute Gasteiger partial charge is 0.0110 e. The van der Waals surface area contributed by atoms with Crippen LogP contribution in [0.25, 0.3) is 0 Å². The lowest BCUT2D eigenvalue weighted by Gasteiger charge is -2.32. The maximum absolute atomic E-state index is 2.60. The summed E-state index contributed by atoms with van der Waals surface area (Å²) in [6, 6.07) is 6.63. The van der Waals surface area contributed by atoms with Crippen molar-refractivity contribution >= 4 is 0 Å². The highest BCUT2D eigenvalue weighted by Crippen LogP contribution is 2.15. The Morgan fingerprint density at radius 2 is 1.61 bits per heavy atom. The van der Waals surface area contributed by atoms with Crippen LogP contribution >= 0.6 is 0 Å². The maximum atomic E-state index is 2.60. The Hall–Kier alpha value is -0.860. The minimum Gasteiger partial charge on any atom is -0.304 e. The normalized spacial score (nSPS) is 18.2. The second-order valence-electron chi connectivity index (χ2n) is 5.62. The van der Waals surface area contributed by atoms with Gasteiger partial charge in [0.2, 0.25) is 0 Å². The molecule has 1 heterocycles. The van der Waals surface area contributed by atoms with Crippen molar-refractivity contribution in [3.05, 3.63) is 34.9 Å². The first-order valence-electron chi connectivity index (χ1n) is 7.13. The van der Waals surface area contributed by atoms with Gasteiger partial charge in [-0.1, -0.05) is 18.2 Å². The first-order valence-corrected chi connectivity index (χ1v) is 7.13. The third-order valence-corrected chi connectivity index (χ3v) is 4.14. The van der Waals surface area contributed by atoms with Crippen LogP contribution in [-0.4, -0.2) is 49.6 Å². The summed E-state index contributed by atoms with van der Waals surface area (Å²) in [4.78, 5) is 5.02. The highest BCUT2D eigenvalue weighted by molar-refractivity contribution is 5.33. The van der Waals surface area contributed by atoms with Gasteiger partial charge in [-0.15, -0.1) is 0 Å². The van der Waals surface area contributed by atoms with Gasteiger partial charge in [0.15, 0.2) is 0 Å². The van der Waals surface area contributed by atoms with E-state index in [1.165, 1.54) is 56.7 Å². The standard InChI is InChI=1S/C16H26N2/c1-14-6-4-7-15(2)16(14)8-5-9-18-12-10-17(3)11-13-18/h4,6-7H,5,8-13H2,1-3H3. The first-order chi connectivity index (χ1) is 8.66. The van der Waals surface area contributed by atoms with Crippen LogP contribution in [0.3, 0.4) is 0 Å². The largest absolute Gasteiger partial charge is 0.304 e. The van der Waals surface area contributed by atoms with Gasteiger partial charge < -0.3 is 9.80 Å². The van der Waals surface area contributed by atoms with Crippen LogP contribution < -0.4 is 0 Å². The molecule has 1 saturated heterocycles. The molecule has 100 valence electrons. The van der Waals surface area contributed by atoms with Crippen LogP contribution in [0.1, 0.15) is 23.1 Å². The predicted octanol–water partition coefficient (Wildman–Crippen LogP) is 2.48. The van der Waals surface area contributed by atoms with Gasteiger partial charge in [-0.2, -0.15) is 0 Å². The summed E-state index contributed by atoms with van der Waals surface area (Å²) in [5.41, 5.74) is 4.47. The van der Waals surface area contributed by atoms with Crippen molar-refractivity contribution in [2.75, 3.05) is 39.8 Å². The Labute approximate surface area is 112 Å². The van der Waals surface area contributed by atoms with E-state index in [0.29, 0.717) is 0 Å². The molecule has 0 atom stereocenters. The molecule has 0 aliphatic carbocycles. The molecule has 2 nitrogen and oxygen atoms in total. The number of benzene rings is 1. The van der Waals surface area contributed by atoms with E-state index in [9.17, 15) is 0 Å². The maximum Gasteiger partial charge on any atom is 0.0110 e. The van der Waals surface area contributed by atoms with Crippen LogP contribution in [0.5, 0.6) is 0 Å². The van der Waals surface area contributed by atoms with Crippen LogP contribution in [-0.2, 0) is 6.42 Å². The number of hydrogen-bond donors (Lipinski definition) is 0. The molecule has 1 aliphatic rings. The molecule has 0 unspecified atom stereocenters. The molecule has 0 bridgehead atoms. The Bertz CT molecular complexity index is 358. The molecular weight excluding hydrogens is 220 g/mol. The molecule has 2 rings (SSSR count). The van der Waals surface area contributed by atoms with Gasteiger partial charge in [-0.05, 0) is 57.0 Å². The minimum absolute atomic E-state index is 1.23. The van der Waals surface area contributed by atoms with Crippen molar-refractivity contribution in [2.24, 2.45) is 0 Å². The summed E-state index contributed by atoms with van der Waals surface area (Å²) in [6.45, 7) is 10.7. The third-order valence-electron chi connectivity index (χ3n) is 4.14. The van der Waals surface area contributed by atoms with Crippen molar-refractivity contribution < 1.29 is 0 Å². The molecule has 1 aliphatic heterocycles. The summed E-state index contributed by atoms with van der Waals surface area (Å²) in [5, 5.41) is 0. The van der Waals surface area contributed by atoms with E-state index >= 15 is 0 Å². The number of piperazine rings is 1. The summed E-state index contributed by atoms with van der Waals surface area (Å²) in [7, 11) is 2.22. The highest BCUT2D eigenvalue weighted by atomic mass is 15.2. The first kappa shape index (κ1) is 13.6. The molecule has 1 aromatic rings. The van der Waals surface area contributed by atoms with Crippen LogP contribution in [0, 0.1) is 13.8 Å². The van der Waals surface area contributed by atoms with Gasteiger partial charge >= 0.3 is 0 Å². The monoisotopic (exact) mass is 246 g/mol. The number of hydrogen-bond acceptors (Lipinski definition) is 2. The van der Waals surface area contributed by atoms with Gasteiger partial charge in [-0.25, -0.2) is 0 Å². The van der Waals surface area contributed by atoms with E-state index in [1.807, 2.05) is 0 Å². The topological polar surface area (TPSA) is 6.48 Å². The summed E-state index contributed by atoms with van der Waals surface area (Å²) in [6.07, 6.45) is 2.51. The lowest BCUT2D eigenvalue weighted by atomic mass is 9.98. The zero-order chi connectivity index (χ0) is 13.0. The zero-order valence-electron chi connectivity index (χ0n) is 12.1. The average molecular weight is 246 g/mol. The number of likely N-dealkylation sites (N-methyl/N-ethyl adjacent to an activating group) is 1. The Kier molecular flexibility index (Phi) is 4.79. The van der Waals surface area contributed by atoms with Gasteiger partial charge in [0.25, 0.3) is 0 Å². The number of rotatable bonds is 4. The average Bonchev–Trinajstić information content (AvgIpc) is 2.35. The molecule has 18 heavy (non-hydrogen) atoms. The van der Waals surface area contributed by atoms with E-state index < -0.39 is 0 Å². The van der Waals surface area contributed by atoms with Crippen molar-refractivity contribution in [3.63, 3.8) is 0 Å². The fourth-order valence-electron chi connectivity index (χ4n) is 2.79. The van der Waals surface area contributed by atoms with Gasteiger partial charge in [0.05, 0.1) is 0 Å². The molecule has 1 aromatic carbocycles. The van der Waals surface area contributed by atoms with E-state index in [1.54, 1.807) is 5.56 Å². The van der Waals surface area contributed by atoms with Crippen LogP contribution in [0.2, 0.25) is 0 Å². The van der Waals surface area contributed by atoms with Crippen LogP contribution in [0.15, 0.2) is 18.2 Å². The van der Waals surface area contributed by atoms with Gasteiger partial charge in [0.1, 0.15) is 0 Å². The van der Waals surface area contributed by atoms with E-state index in [2.05, 4.69) is 48.9 Å². The van der Waals surface area contributed by atoms with Crippen molar-refractivity contribution in [1.29, 1.82) is 0 Å². The third kappa shape index (κ3) is 3.56. The van der Waals surface area contributed by atoms with Gasteiger partial charge in [0, 0.05) is 26.2 Å². The van der Waals surface area contributed by atoms with Crippen molar-refractivity contribution in [3.8, 4) is 0 Å². The Morgan fingerprint density at radius 1 is 1.00 bits per heavy atom. The summed E-state index contributed by atoms with van der Waals surface area (Å²) < 4.78 is 0. The van der Waals surface area contributed by atoms with E-state index in [-0.39, 0.29) is 0 Å². The van der Waals surface area contributed by atoms with Crippen molar-refractivity contribution in [1.82, 2.24) is 9.80 Å². The predicted molar refractivity (Wildman–Crippen MR) is 78.2 cm³/mol. The fraction of sp³-hybridized carbons (Fsp3) is 0.625. The quantitative estimate of drug-likeness (QED) is 0.805. The Balaban J connectivity index is 1.78. The number of nitrogens with zero attached hydrogens (tertiary/aromatic N) is 2. The molecule has 0 N–H and O–H groups in total. The fourth-order valence-corrected chi connectivity index (χ4v) is 2.79.